The molecule has 11 N–H and O–H groups in total. The lowest BCUT2D eigenvalue weighted by Crippen LogP contribution is -2.72. The Balaban J connectivity index is 3.12. The molecule has 0 aromatic heterocycles. The molecule has 258 valence electrons. The second-order valence-electron chi connectivity index (χ2n) is 10.9. The van der Waals surface area contributed by atoms with Crippen LogP contribution in [0.4, 0.5) is 4.79 Å². The van der Waals surface area contributed by atoms with Gasteiger partial charge in [0.1, 0.15) is 6.61 Å². The molecule has 1 aromatic rings. The number of nitrogens with two attached hydrogens (primary N) is 4. The fraction of sp³-hybridized carbons (Fsp3) is 0.517. The lowest BCUT2D eigenvalue weighted by Gasteiger charge is -2.45. The number of guanidine groups is 1. The first-order valence-electron chi connectivity index (χ1n) is 15.2. The normalized spacial score (nSPS) is 20.7. The number of carboxylic acids is 1. The zero-order valence-corrected chi connectivity index (χ0v) is 26.3. The molecule has 0 bridgehead atoms. The smallest absolute Gasteiger partial charge is 0.481 e. The Bertz CT molecular complexity index is 1450. The number of ether oxygens (including phenoxy) is 2. The summed E-state index contributed by atoms with van der Waals surface area (Å²) in [5, 5.41) is 14.1. The number of Topliss-reactive ketones (excluding diaryl/α,β-unsaturated/α-hetero) is 1. The lowest BCUT2D eigenvalue weighted by molar-refractivity contribution is -0.157. The third-order valence-electron chi connectivity index (χ3n) is 7.12. The second kappa shape index (κ2) is 17.0. The molecule has 0 aliphatic carbocycles. The number of rotatable bonds is 13. The van der Waals surface area contributed by atoms with Crippen LogP contribution in [0.25, 0.3) is 0 Å². The van der Waals surface area contributed by atoms with E-state index in [1.54, 1.807) is 0 Å². The molecule has 2 unspecified atom stereocenters. The number of imide groups is 1. The minimum atomic E-state index is -2.89. The number of carbonyl (C=O) groups is 7. The van der Waals surface area contributed by atoms with Crippen molar-refractivity contribution >= 4 is 47.5 Å². The highest BCUT2D eigenvalue weighted by Gasteiger charge is 2.60. The molecule has 1 aliphatic heterocycles. The van der Waals surface area contributed by atoms with E-state index in [1.807, 2.05) is 0 Å². The molecule has 0 spiro atoms. The molecule has 1 aliphatic rings. The Hall–Kier alpha value is -5.10. The summed E-state index contributed by atoms with van der Waals surface area (Å²) in [6.45, 7) is 1.74. The average Bonchev–Trinajstić information content (AvgIpc) is 3.04. The lowest BCUT2D eigenvalue weighted by atomic mass is 9.74. The summed E-state index contributed by atoms with van der Waals surface area (Å²) in [7, 11) is 0. The van der Waals surface area contributed by atoms with Gasteiger partial charge in [-0.25, -0.2) is 4.79 Å². The van der Waals surface area contributed by atoms with Crippen molar-refractivity contribution in [2.45, 2.75) is 70.3 Å². The van der Waals surface area contributed by atoms with E-state index >= 15 is 0 Å². The quantitative estimate of drug-likeness (QED) is 0.0688. The van der Waals surface area contributed by atoms with Crippen LogP contribution in [0.5, 0.6) is 0 Å². The van der Waals surface area contributed by atoms with Gasteiger partial charge >= 0.3 is 12.1 Å². The summed E-state index contributed by atoms with van der Waals surface area (Å²) < 4.78 is 19.0. The van der Waals surface area contributed by atoms with Crippen LogP contribution in [0.1, 0.15) is 57.3 Å². The number of amides is 4. The van der Waals surface area contributed by atoms with Crippen molar-refractivity contribution in [3.8, 4) is 0 Å². The third kappa shape index (κ3) is 9.69. The fourth-order valence-corrected chi connectivity index (χ4v) is 4.88. The molecule has 1 saturated heterocycles. The topological polar surface area (TPSA) is 302 Å². The number of nitrogens with one attached hydrogen (secondary N) is 2. The van der Waals surface area contributed by atoms with Crippen LogP contribution in [-0.4, -0.2) is 101 Å². The minimum absolute atomic E-state index is 0.0958. The molecule has 0 radical (unpaired) electrons. The number of benzene rings is 1. The van der Waals surface area contributed by atoms with Crippen LogP contribution >= 0.6 is 0 Å². The van der Waals surface area contributed by atoms with E-state index in [0.717, 1.165) is 0 Å². The summed E-state index contributed by atoms with van der Waals surface area (Å²) in [4.78, 5) is 99.3. The monoisotopic (exact) mass is 663 g/mol. The molecule has 2 rings (SSSR count). The molecule has 47 heavy (non-hydrogen) atoms. The van der Waals surface area contributed by atoms with Gasteiger partial charge in [0.25, 0.3) is 11.8 Å². The van der Waals surface area contributed by atoms with Crippen molar-refractivity contribution in [2.75, 3.05) is 19.7 Å². The van der Waals surface area contributed by atoms with Gasteiger partial charge in [-0.1, -0.05) is 19.1 Å². The number of aliphatic carboxylic acids is 1. The molecule has 18 heteroatoms. The SMILES string of the molecule is [2H]c1c(CN)cccc1C(=O)N(C(=O)C(N)CC)[C@]1(COC(=O)OC(C)C)C(=O)NCC(=O)N[C@@H](CC(=O)O)C(=O)C1CCN=C(N)N. The average molecular weight is 664 g/mol. The second-order valence-corrected chi connectivity index (χ2v) is 10.9. The third-order valence-corrected chi connectivity index (χ3v) is 7.12. The van der Waals surface area contributed by atoms with Gasteiger partial charge in [0.2, 0.25) is 11.8 Å². The Morgan fingerprint density at radius 1 is 1.21 bits per heavy atom. The molecular weight excluding hydrogens is 620 g/mol. The predicted octanol–water partition coefficient (Wildman–Crippen LogP) is -1.91. The van der Waals surface area contributed by atoms with Crippen LogP contribution < -0.4 is 33.6 Å². The number of carboxylic acid groups (broad SMARTS) is 1. The van der Waals surface area contributed by atoms with Crippen LogP contribution in [0, 0.1) is 5.92 Å². The summed E-state index contributed by atoms with van der Waals surface area (Å²) in [5.41, 5.74) is 19.7. The van der Waals surface area contributed by atoms with Crippen LogP contribution in [-0.2, 0) is 40.0 Å². The van der Waals surface area contributed by atoms with E-state index in [1.165, 1.54) is 39.0 Å². The molecule has 1 aromatic carbocycles. The highest BCUT2D eigenvalue weighted by atomic mass is 16.7. The summed E-state index contributed by atoms with van der Waals surface area (Å²) in [5.74, 6) is -9.93. The highest BCUT2D eigenvalue weighted by molar-refractivity contribution is 6.13. The maximum absolute atomic E-state index is 14.6. The summed E-state index contributed by atoms with van der Waals surface area (Å²) in [6, 6.07) is 0.263. The molecule has 1 fully saturated rings. The van der Waals surface area contributed by atoms with Crippen molar-refractivity contribution in [1.29, 1.82) is 0 Å². The number of aliphatic imine (C=N–C) groups is 1. The zero-order chi connectivity index (χ0) is 36.3. The van der Waals surface area contributed by atoms with Gasteiger partial charge in [-0.05, 0) is 44.4 Å². The zero-order valence-electron chi connectivity index (χ0n) is 27.3. The molecular formula is C29H42N8O10. The molecule has 4 atom stereocenters. The summed E-state index contributed by atoms with van der Waals surface area (Å²) >= 11 is 0. The summed E-state index contributed by atoms with van der Waals surface area (Å²) in [6.07, 6.45) is -3.73. The van der Waals surface area contributed by atoms with Crippen LogP contribution in [0.15, 0.2) is 29.2 Å². The fourth-order valence-electron chi connectivity index (χ4n) is 4.88. The van der Waals surface area contributed by atoms with Gasteiger partial charge < -0.3 is 48.1 Å². The number of ketones is 1. The van der Waals surface area contributed by atoms with Crippen molar-refractivity contribution < 1.29 is 49.5 Å². The first-order valence-corrected chi connectivity index (χ1v) is 14.7. The van der Waals surface area contributed by atoms with Crippen molar-refractivity contribution in [3.05, 3.63) is 35.4 Å². The number of nitrogens with zero attached hydrogens (tertiary/aromatic N) is 2. The number of hydrogen-bond donors (Lipinski definition) is 7. The van der Waals surface area contributed by atoms with E-state index in [0.29, 0.717) is 4.90 Å². The van der Waals surface area contributed by atoms with Gasteiger partial charge in [0, 0.05) is 18.7 Å². The highest BCUT2D eigenvalue weighted by Crippen LogP contribution is 2.35. The molecule has 18 nitrogen and oxygen atoms in total. The van der Waals surface area contributed by atoms with E-state index < -0.39 is 121 Å². The Morgan fingerprint density at radius 3 is 2.47 bits per heavy atom. The van der Waals surface area contributed by atoms with E-state index in [2.05, 4.69) is 15.6 Å². The first kappa shape index (κ1) is 36.4. The van der Waals surface area contributed by atoms with Crippen molar-refractivity contribution in [3.63, 3.8) is 0 Å². The number of hydrogen-bond acceptors (Lipinski definition) is 12. The molecule has 4 amide bonds. The van der Waals surface area contributed by atoms with Crippen LogP contribution in [0.2, 0.25) is 0 Å². The van der Waals surface area contributed by atoms with Crippen LogP contribution in [0.3, 0.4) is 0 Å². The van der Waals surface area contributed by atoms with Gasteiger partial charge in [-0.2, -0.15) is 0 Å². The first-order chi connectivity index (χ1) is 22.5. The largest absolute Gasteiger partial charge is 0.508 e. The molecule has 0 saturated carbocycles. The minimum Gasteiger partial charge on any atom is -0.481 e. The van der Waals surface area contributed by atoms with E-state index in [4.69, 9.17) is 33.8 Å². The van der Waals surface area contributed by atoms with Gasteiger partial charge in [0.05, 0.1) is 38.4 Å². The Morgan fingerprint density at radius 2 is 1.89 bits per heavy atom. The predicted molar refractivity (Wildman–Crippen MR) is 165 cm³/mol. The maximum Gasteiger partial charge on any atom is 0.508 e. The maximum atomic E-state index is 14.6. The van der Waals surface area contributed by atoms with E-state index in [9.17, 15) is 38.7 Å². The van der Waals surface area contributed by atoms with Gasteiger partial charge in [-0.15, -0.1) is 0 Å². The number of carbonyl (C=O) groups excluding carboxylic acids is 6. The van der Waals surface area contributed by atoms with Crippen molar-refractivity contribution in [1.82, 2.24) is 15.5 Å². The van der Waals surface area contributed by atoms with E-state index in [-0.39, 0.29) is 18.5 Å². The van der Waals surface area contributed by atoms with Gasteiger partial charge in [0.15, 0.2) is 17.3 Å². The molecule has 1 heterocycles. The Kier molecular flexibility index (Phi) is 13.1. The standard InChI is InChI=1S/C29H42N8O10/c1-4-19(31)25(43)37(24(42)17-7-5-6-16(10-17)12-30)29(14-46-28(45)47-15(2)3)18(8-9-34-27(32)33)23(41)20(11-22(39)40)36-21(38)13-35-26(29)44/h5-7,10,15,18-20H,4,8-9,11-14,30-31H2,1-3H3,(H,35,44)(H,36,38)(H,39,40)(H4,32,33,34)/t18?,19?,20-,29-/m0/s1/i10D. The van der Waals surface area contributed by atoms with Crippen molar-refractivity contribution in [2.24, 2.45) is 33.8 Å². The van der Waals surface area contributed by atoms with Gasteiger partial charge in [-0.3, -0.25) is 38.7 Å². The Labute approximate surface area is 271 Å².